The normalized spacial score (nSPS) is 17.6. The number of methoxy groups -OCH3 is 1. The largest absolute Gasteiger partial charge is 0.491 e. The summed E-state index contributed by atoms with van der Waals surface area (Å²) in [5, 5.41) is 6.78. The van der Waals surface area contributed by atoms with Crippen LogP contribution in [-0.2, 0) is 0 Å². The van der Waals surface area contributed by atoms with Gasteiger partial charge in [0.2, 0.25) is 0 Å². The molecule has 3 aromatic rings. The van der Waals surface area contributed by atoms with Crippen molar-refractivity contribution in [1.29, 1.82) is 0 Å². The molecule has 2 N–H and O–H groups in total. The van der Waals surface area contributed by atoms with Crippen LogP contribution < -0.4 is 15.4 Å². The van der Waals surface area contributed by atoms with Gasteiger partial charge in [0.1, 0.15) is 17.2 Å². The molecule has 1 aliphatic heterocycles. The molecule has 0 aliphatic carbocycles. The number of rotatable bonds is 4. The molecule has 1 aliphatic rings. The van der Waals surface area contributed by atoms with Crippen molar-refractivity contribution in [3.8, 4) is 17.3 Å². The highest BCUT2D eigenvalue weighted by molar-refractivity contribution is 5.61. The van der Waals surface area contributed by atoms with Crippen molar-refractivity contribution in [2.75, 3.05) is 25.5 Å². The van der Waals surface area contributed by atoms with Crippen molar-refractivity contribution >= 4 is 11.5 Å². The summed E-state index contributed by atoms with van der Waals surface area (Å²) in [5.74, 6) is 1.33. The number of hydrogen-bond donors (Lipinski definition) is 2. The first-order valence-corrected chi connectivity index (χ1v) is 8.26. The molecule has 3 aromatic heterocycles. The van der Waals surface area contributed by atoms with Crippen LogP contribution in [0, 0.1) is 5.82 Å². The second-order valence-corrected chi connectivity index (χ2v) is 6.02. The molecule has 1 saturated heterocycles. The molecule has 25 heavy (non-hydrogen) atoms. The molecule has 0 aromatic carbocycles. The number of piperidine rings is 1. The van der Waals surface area contributed by atoms with Gasteiger partial charge < -0.3 is 15.4 Å². The summed E-state index contributed by atoms with van der Waals surface area (Å²) in [4.78, 5) is 13.2. The Kier molecular flexibility index (Phi) is 4.19. The average Bonchev–Trinajstić information content (AvgIpc) is 3.05. The molecule has 7 nitrogen and oxygen atoms in total. The van der Waals surface area contributed by atoms with Crippen LogP contribution in [0.25, 0.3) is 17.2 Å². The number of anilines is 1. The Balaban J connectivity index is 1.72. The van der Waals surface area contributed by atoms with Crippen LogP contribution in [0.15, 0.2) is 30.7 Å². The van der Waals surface area contributed by atoms with Gasteiger partial charge in [0.25, 0.3) is 0 Å². The van der Waals surface area contributed by atoms with Crippen molar-refractivity contribution in [2.24, 2.45) is 0 Å². The second-order valence-electron chi connectivity index (χ2n) is 6.02. The highest BCUT2D eigenvalue weighted by Gasteiger charge is 2.18. The van der Waals surface area contributed by atoms with E-state index in [4.69, 9.17) is 4.74 Å². The molecule has 4 heterocycles. The first-order chi connectivity index (χ1) is 12.2. The lowest BCUT2D eigenvalue weighted by Crippen LogP contribution is -2.38. The fraction of sp³-hybridized carbons (Fsp3) is 0.353. The molecule has 130 valence electrons. The van der Waals surface area contributed by atoms with Gasteiger partial charge in [-0.2, -0.15) is 0 Å². The van der Waals surface area contributed by atoms with E-state index < -0.39 is 0 Å². The minimum atomic E-state index is -0.341. The summed E-state index contributed by atoms with van der Waals surface area (Å²) in [5.41, 5.74) is 1.27. The molecule has 1 atom stereocenters. The molecular weight excluding hydrogens is 323 g/mol. The Morgan fingerprint density at radius 1 is 1.32 bits per heavy atom. The first kappa shape index (κ1) is 15.8. The van der Waals surface area contributed by atoms with E-state index in [2.05, 4.69) is 25.6 Å². The standard InChI is InChI=1S/C17H19FN6O/c1-25-14-9-21-16(23-17(14)22-12-3-2-6-19-7-12)13-8-20-15-5-4-11(18)10-24(13)15/h4-5,8-10,12,19H,2-3,6-7H2,1H3,(H,21,22,23). The predicted molar refractivity (Wildman–Crippen MR) is 92.2 cm³/mol. The van der Waals surface area contributed by atoms with Gasteiger partial charge in [-0.25, -0.2) is 19.3 Å². The zero-order valence-electron chi connectivity index (χ0n) is 13.9. The molecule has 8 heteroatoms. The smallest absolute Gasteiger partial charge is 0.180 e. The topological polar surface area (TPSA) is 76.4 Å². The lowest BCUT2D eigenvalue weighted by molar-refractivity contribution is 0.410. The summed E-state index contributed by atoms with van der Waals surface area (Å²) in [6, 6.07) is 3.28. The third-order valence-corrected chi connectivity index (χ3v) is 4.31. The van der Waals surface area contributed by atoms with Crippen LogP contribution in [0.5, 0.6) is 5.75 Å². The fourth-order valence-corrected chi connectivity index (χ4v) is 3.04. The van der Waals surface area contributed by atoms with Gasteiger partial charge in [-0.15, -0.1) is 0 Å². The van der Waals surface area contributed by atoms with E-state index in [1.165, 1.54) is 12.3 Å². The second kappa shape index (κ2) is 6.64. The summed E-state index contributed by atoms with van der Waals surface area (Å²) >= 11 is 0. The van der Waals surface area contributed by atoms with E-state index in [1.807, 2.05) is 0 Å². The fourth-order valence-electron chi connectivity index (χ4n) is 3.04. The van der Waals surface area contributed by atoms with Crippen LogP contribution in [0.1, 0.15) is 12.8 Å². The molecule has 0 bridgehead atoms. The number of fused-ring (bicyclic) bond motifs is 1. The van der Waals surface area contributed by atoms with E-state index >= 15 is 0 Å². The SMILES string of the molecule is COc1cnc(-c2cnc3ccc(F)cn23)nc1NC1CCCNC1. The number of pyridine rings is 1. The van der Waals surface area contributed by atoms with Crippen LogP contribution in [-0.4, -0.2) is 45.6 Å². The van der Waals surface area contributed by atoms with Crippen molar-refractivity contribution in [3.05, 3.63) is 36.5 Å². The average molecular weight is 342 g/mol. The van der Waals surface area contributed by atoms with E-state index in [9.17, 15) is 4.39 Å². The lowest BCUT2D eigenvalue weighted by Gasteiger charge is -2.25. The van der Waals surface area contributed by atoms with Gasteiger partial charge in [0.05, 0.1) is 19.5 Å². The summed E-state index contributed by atoms with van der Waals surface area (Å²) in [6.07, 6.45) is 6.83. The Morgan fingerprint density at radius 2 is 2.24 bits per heavy atom. The molecule has 0 amide bonds. The van der Waals surface area contributed by atoms with Crippen molar-refractivity contribution in [1.82, 2.24) is 24.7 Å². The highest BCUT2D eigenvalue weighted by atomic mass is 19.1. The zero-order valence-corrected chi connectivity index (χ0v) is 13.9. The molecule has 4 rings (SSSR count). The number of imidazole rings is 1. The highest BCUT2D eigenvalue weighted by Crippen LogP contribution is 2.26. The number of ether oxygens (including phenoxy) is 1. The van der Waals surface area contributed by atoms with E-state index in [1.54, 1.807) is 30.0 Å². The summed E-state index contributed by atoms with van der Waals surface area (Å²) in [7, 11) is 1.59. The Morgan fingerprint density at radius 3 is 3.04 bits per heavy atom. The minimum absolute atomic E-state index is 0.282. The number of nitrogens with one attached hydrogen (secondary N) is 2. The van der Waals surface area contributed by atoms with Gasteiger partial charge in [0.15, 0.2) is 17.4 Å². The van der Waals surface area contributed by atoms with Crippen molar-refractivity contribution < 1.29 is 9.13 Å². The van der Waals surface area contributed by atoms with Gasteiger partial charge in [-0.1, -0.05) is 0 Å². The number of nitrogens with zero attached hydrogens (tertiary/aromatic N) is 4. The van der Waals surface area contributed by atoms with Crippen LogP contribution in [0.2, 0.25) is 0 Å². The first-order valence-electron chi connectivity index (χ1n) is 8.26. The van der Waals surface area contributed by atoms with Crippen LogP contribution in [0.4, 0.5) is 10.2 Å². The van der Waals surface area contributed by atoms with E-state index in [-0.39, 0.29) is 11.9 Å². The number of aromatic nitrogens is 4. The molecule has 0 spiro atoms. The van der Waals surface area contributed by atoms with Crippen molar-refractivity contribution in [3.63, 3.8) is 0 Å². The quantitative estimate of drug-likeness (QED) is 0.756. The molecule has 1 unspecified atom stereocenters. The molecule has 1 fully saturated rings. The lowest BCUT2D eigenvalue weighted by atomic mass is 10.1. The Hall–Kier alpha value is -2.74. The third-order valence-electron chi connectivity index (χ3n) is 4.31. The number of halogens is 1. The maximum absolute atomic E-state index is 13.6. The molecule has 0 saturated carbocycles. The number of hydrogen-bond acceptors (Lipinski definition) is 6. The van der Waals surface area contributed by atoms with Crippen LogP contribution in [0.3, 0.4) is 0 Å². The third kappa shape index (κ3) is 3.12. The van der Waals surface area contributed by atoms with Gasteiger partial charge in [-0.3, -0.25) is 4.40 Å². The molecule has 0 radical (unpaired) electrons. The van der Waals surface area contributed by atoms with Gasteiger partial charge >= 0.3 is 0 Å². The van der Waals surface area contributed by atoms with Gasteiger partial charge in [-0.05, 0) is 31.5 Å². The maximum atomic E-state index is 13.6. The summed E-state index contributed by atoms with van der Waals surface area (Å²) < 4.78 is 20.6. The monoisotopic (exact) mass is 342 g/mol. The Labute approximate surface area is 144 Å². The van der Waals surface area contributed by atoms with Crippen LogP contribution >= 0.6 is 0 Å². The predicted octanol–water partition coefficient (Wildman–Crippen LogP) is 2.10. The zero-order chi connectivity index (χ0) is 17.2. The summed E-state index contributed by atoms with van der Waals surface area (Å²) in [6.45, 7) is 1.92. The molecular formula is C17H19FN6O. The van der Waals surface area contributed by atoms with E-state index in [0.717, 1.165) is 25.9 Å². The van der Waals surface area contributed by atoms with E-state index in [0.29, 0.717) is 28.7 Å². The van der Waals surface area contributed by atoms with Gasteiger partial charge in [0, 0.05) is 18.8 Å². The Bertz CT molecular complexity index is 890. The minimum Gasteiger partial charge on any atom is -0.491 e. The van der Waals surface area contributed by atoms with Crippen molar-refractivity contribution in [2.45, 2.75) is 18.9 Å². The maximum Gasteiger partial charge on any atom is 0.180 e.